The van der Waals surface area contributed by atoms with Crippen molar-refractivity contribution in [3.63, 3.8) is 0 Å². The van der Waals surface area contributed by atoms with Crippen molar-refractivity contribution >= 4 is 17.6 Å². The van der Waals surface area contributed by atoms with Crippen LogP contribution in [0.1, 0.15) is 56.9 Å². The van der Waals surface area contributed by atoms with Gasteiger partial charge in [-0.05, 0) is 37.5 Å². The molecule has 1 aromatic heterocycles. The van der Waals surface area contributed by atoms with Gasteiger partial charge in [0, 0.05) is 30.9 Å². The molecule has 0 saturated carbocycles. The third kappa shape index (κ3) is 7.31. The van der Waals surface area contributed by atoms with E-state index in [9.17, 15) is 9.59 Å². The van der Waals surface area contributed by atoms with Crippen molar-refractivity contribution < 1.29 is 9.59 Å². The second-order valence-electron chi connectivity index (χ2n) is 9.40. The van der Waals surface area contributed by atoms with Crippen molar-refractivity contribution in [2.45, 2.75) is 58.8 Å². The predicted octanol–water partition coefficient (Wildman–Crippen LogP) is 4.95. The van der Waals surface area contributed by atoms with Crippen LogP contribution in [0.2, 0.25) is 0 Å². The number of amides is 2. The highest BCUT2D eigenvalue weighted by atomic mass is 16.2. The molecule has 0 aliphatic rings. The molecule has 0 spiro atoms. The van der Waals surface area contributed by atoms with E-state index in [1.165, 1.54) is 5.56 Å². The number of nitrogens with one attached hydrogen (secondary N) is 2. The van der Waals surface area contributed by atoms with Crippen molar-refractivity contribution in [2.24, 2.45) is 0 Å². The Morgan fingerprint density at radius 1 is 0.939 bits per heavy atom. The number of carbonyl (C=O) groups is 2. The van der Waals surface area contributed by atoms with Crippen LogP contribution in [0.3, 0.4) is 0 Å². The van der Waals surface area contributed by atoms with E-state index in [-0.39, 0.29) is 23.7 Å². The smallest absolute Gasteiger partial charge is 0.225 e. The molecule has 3 rings (SSSR count). The van der Waals surface area contributed by atoms with Gasteiger partial charge in [0.05, 0.1) is 11.4 Å². The maximum absolute atomic E-state index is 12.6. The van der Waals surface area contributed by atoms with Crippen molar-refractivity contribution in [1.29, 1.82) is 0 Å². The number of rotatable bonds is 9. The molecule has 1 heterocycles. The minimum atomic E-state index is -0.146. The Balaban J connectivity index is 1.52. The summed E-state index contributed by atoms with van der Waals surface area (Å²) in [5.74, 6) is 0.486. The summed E-state index contributed by atoms with van der Waals surface area (Å²) in [6.45, 7) is 8.92. The third-order valence-electron chi connectivity index (χ3n) is 5.41. The van der Waals surface area contributed by atoms with E-state index in [1.54, 1.807) is 4.68 Å². The molecule has 0 aliphatic heterocycles. The van der Waals surface area contributed by atoms with E-state index >= 15 is 0 Å². The van der Waals surface area contributed by atoms with Gasteiger partial charge in [-0.1, -0.05) is 68.8 Å². The fraction of sp³-hybridized carbons (Fsp3) is 0.370. The second-order valence-corrected chi connectivity index (χ2v) is 9.40. The standard InChI is InChI=1S/C27H34N4O2/c1-20-13-15-22(16-14-20)31-24(19-23(30-31)27(2,3)4)29-26(33)12-8-11-25(32)28-18-17-21-9-6-5-7-10-21/h5-7,9-10,13-16,19H,8,11-12,17-18H2,1-4H3,(H,28,32)(H,29,33). The highest BCUT2D eigenvalue weighted by Gasteiger charge is 2.21. The Bertz CT molecular complexity index is 1060. The predicted molar refractivity (Wildman–Crippen MR) is 133 cm³/mol. The van der Waals surface area contributed by atoms with E-state index in [0.717, 1.165) is 23.4 Å². The van der Waals surface area contributed by atoms with E-state index < -0.39 is 0 Å². The number of aromatic nitrogens is 2. The van der Waals surface area contributed by atoms with Crippen LogP contribution in [0.4, 0.5) is 5.82 Å². The van der Waals surface area contributed by atoms with Gasteiger partial charge in [0.15, 0.2) is 0 Å². The third-order valence-corrected chi connectivity index (χ3v) is 5.41. The Morgan fingerprint density at radius 3 is 2.27 bits per heavy atom. The minimum Gasteiger partial charge on any atom is -0.356 e. The first-order valence-electron chi connectivity index (χ1n) is 11.5. The number of hydrogen-bond acceptors (Lipinski definition) is 3. The van der Waals surface area contributed by atoms with Crippen molar-refractivity contribution in [3.05, 3.63) is 77.5 Å². The van der Waals surface area contributed by atoms with Crippen LogP contribution >= 0.6 is 0 Å². The topological polar surface area (TPSA) is 76.0 Å². The summed E-state index contributed by atoms with van der Waals surface area (Å²) < 4.78 is 1.77. The summed E-state index contributed by atoms with van der Waals surface area (Å²) in [5, 5.41) is 10.6. The van der Waals surface area contributed by atoms with Crippen LogP contribution in [0.5, 0.6) is 0 Å². The number of carbonyl (C=O) groups excluding carboxylic acids is 2. The van der Waals surface area contributed by atoms with E-state index in [1.807, 2.05) is 67.6 Å². The lowest BCUT2D eigenvalue weighted by atomic mass is 9.92. The van der Waals surface area contributed by atoms with Crippen molar-refractivity contribution in [1.82, 2.24) is 15.1 Å². The van der Waals surface area contributed by atoms with Gasteiger partial charge in [-0.2, -0.15) is 5.10 Å². The lowest BCUT2D eigenvalue weighted by Crippen LogP contribution is -2.25. The van der Waals surface area contributed by atoms with E-state index in [0.29, 0.717) is 25.2 Å². The van der Waals surface area contributed by atoms with Crippen LogP contribution in [0.15, 0.2) is 60.7 Å². The molecule has 6 heteroatoms. The SMILES string of the molecule is Cc1ccc(-n2nc(C(C)(C)C)cc2NC(=O)CCCC(=O)NCCc2ccccc2)cc1. The summed E-state index contributed by atoms with van der Waals surface area (Å²) in [6, 6.07) is 20.0. The van der Waals surface area contributed by atoms with Gasteiger partial charge < -0.3 is 10.6 Å². The Labute approximate surface area is 196 Å². The quantitative estimate of drug-likeness (QED) is 0.488. The first-order chi connectivity index (χ1) is 15.7. The molecule has 2 amide bonds. The number of anilines is 1. The molecule has 0 bridgehead atoms. The Kier molecular flexibility index (Phi) is 8.04. The van der Waals surface area contributed by atoms with Crippen LogP contribution in [-0.2, 0) is 21.4 Å². The van der Waals surface area contributed by atoms with E-state index in [4.69, 9.17) is 5.10 Å². The lowest BCUT2D eigenvalue weighted by Gasteiger charge is -2.14. The minimum absolute atomic E-state index is 0.0292. The summed E-state index contributed by atoms with van der Waals surface area (Å²) >= 11 is 0. The summed E-state index contributed by atoms with van der Waals surface area (Å²) in [6.07, 6.45) is 1.89. The van der Waals surface area contributed by atoms with Crippen LogP contribution in [0, 0.1) is 6.92 Å². The fourth-order valence-electron chi connectivity index (χ4n) is 3.41. The van der Waals surface area contributed by atoms with Crippen LogP contribution in [-0.4, -0.2) is 28.1 Å². The average Bonchev–Trinajstić information content (AvgIpc) is 3.19. The van der Waals surface area contributed by atoms with E-state index in [2.05, 4.69) is 31.4 Å². The van der Waals surface area contributed by atoms with Gasteiger partial charge in [-0.25, -0.2) is 4.68 Å². The molecule has 0 aliphatic carbocycles. The van der Waals surface area contributed by atoms with Crippen LogP contribution in [0.25, 0.3) is 5.69 Å². The molecule has 2 N–H and O–H groups in total. The number of aryl methyl sites for hydroxylation is 1. The summed E-state index contributed by atoms with van der Waals surface area (Å²) in [4.78, 5) is 24.7. The highest BCUT2D eigenvalue weighted by molar-refractivity contribution is 5.90. The molecule has 3 aromatic rings. The van der Waals surface area contributed by atoms with Crippen LogP contribution < -0.4 is 10.6 Å². The fourth-order valence-corrected chi connectivity index (χ4v) is 3.41. The number of benzene rings is 2. The molecule has 174 valence electrons. The zero-order chi connectivity index (χ0) is 23.8. The molecular formula is C27H34N4O2. The molecule has 0 saturated heterocycles. The molecule has 0 fully saturated rings. The Hall–Kier alpha value is -3.41. The maximum atomic E-state index is 12.6. The van der Waals surface area contributed by atoms with Gasteiger partial charge in [0.25, 0.3) is 0 Å². The van der Waals surface area contributed by atoms with Gasteiger partial charge in [0.2, 0.25) is 11.8 Å². The number of hydrogen-bond donors (Lipinski definition) is 2. The summed E-state index contributed by atoms with van der Waals surface area (Å²) in [5.41, 5.74) is 4.00. The van der Waals surface area contributed by atoms with Crippen molar-refractivity contribution in [3.8, 4) is 5.69 Å². The molecule has 0 atom stereocenters. The van der Waals surface area contributed by atoms with Gasteiger partial charge in [0.1, 0.15) is 5.82 Å². The first-order valence-corrected chi connectivity index (χ1v) is 11.5. The number of nitrogens with zero attached hydrogens (tertiary/aromatic N) is 2. The first kappa shape index (κ1) is 24.2. The highest BCUT2D eigenvalue weighted by Crippen LogP contribution is 2.26. The van der Waals surface area contributed by atoms with Gasteiger partial charge in [-0.15, -0.1) is 0 Å². The lowest BCUT2D eigenvalue weighted by molar-refractivity contribution is -0.121. The zero-order valence-corrected chi connectivity index (χ0v) is 20.0. The largest absolute Gasteiger partial charge is 0.356 e. The molecule has 6 nitrogen and oxygen atoms in total. The molecular weight excluding hydrogens is 412 g/mol. The average molecular weight is 447 g/mol. The molecule has 33 heavy (non-hydrogen) atoms. The summed E-state index contributed by atoms with van der Waals surface area (Å²) in [7, 11) is 0. The maximum Gasteiger partial charge on any atom is 0.225 e. The van der Waals surface area contributed by atoms with Gasteiger partial charge >= 0.3 is 0 Å². The van der Waals surface area contributed by atoms with Crippen molar-refractivity contribution in [2.75, 3.05) is 11.9 Å². The second kappa shape index (κ2) is 10.9. The normalized spacial score (nSPS) is 11.3. The molecule has 0 unspecified atom stereocenters. The van der Waals surface area contributed by atoms with Gasteiger partial charge in [-0.3, -0.25) is 9.59 Å². The molecule has 0 radical (unpaired) electrons. The molecule has 2 aromatic carbocycles. The Morgan fingerprint density at radius 2 is 1.61 bits per heavy atom. The zero-order valence-electron chi connectivity index (χ0n) is 20.0. The monoisotopic (exact) mass is 446 g/mol.